The summed E-state index contributed by atoms with van der Waals surface area (Å²) in [6.07, 6.45) is 1.39. The van der Waals surface area contributed by atoms with E-state index in [1.807, 2.05) is 0 Å². The minimum absolute atomic E-state index is 0. The number of imidazole rings is 1. The fraction of sp³-hybridized carbons (Fsp3) is 0.174. The van der Waals surface area contributed by atoms with Gasteiger partial charge in [-0.2, -0.15) is 8.78 Å². The second kappa shape index (κ2) is 12.4. The van der Waals surface area contributed by atoms with Crippen LogP contribution in [0.1, 0.15) is 17.5 Å². The fourth-order valence-electron chi connectivity index (χ4n) is 3.61. The molecule has 0 radical (unpaired) electrons. The zero-order valence-corrected chi connectivity index (χ0v) is 24.3. The molecule has 0 bridgehead atoms. The number of alkyl halides is 2. The summed E-state index contributed by atoms with van der Waals surface area (Å²) in [6, 6.07) is 9.43. The molecule has 4 aromatic rings. The standard InChI is InChI=1S/C23H19F2N3O8S2.Na.H/c1-34-19-8-9-26-17(20(19)35-2)12-37(31)23-27-16-11-14(36-22(24)25)6-7-18(16)28(23)38(32,33)15-5-3-4-13(10-15)21(29)30;;/h3-11,22H,12H2,1-2H3,(H,29,30);;/q;+1;-1. The minimum atomic E-state index is -4.58. The first-order valence-corrected chi connectivity index (χ1v) is 13.3. The summed E-state index contributed by atoms with van der Waals surface area (Å²) < 4.78 is 82.1. The number of rotatable bonds is 10. The van der Waals surface area contributed by atoms with Gasteiger partial charge in [-0.15, -0.1) is 0 Å². The van der Waals surface area contributed by atoms with Crippen LogP contribution in [0, 0.1) is 0 Å². The van der Waals surface area contributed by atoms with Gasteiger partial charge < -0.3 is 20.7 Å². The number of carboxylic acid groups (broad SMARTS) is 1. The normalized spacial score (nSPS) is 12.1. The minimum Gasteiger partial charge on any atom is -1.00 e. The van der Waals surface area contributed by atoms with Gasteiger partial charge >= 0.3 is 42.1 Å². The second-order valence-electron chi connectivity index (χ2n) is 7.51. The van der Waals surface area contributed by atoms with Crippen LogP contribution < -0.4 is 43.8 Å². The van der Waals surface area contributed by atoms with Crippen LogP contribution in [0.4, 0.5) is 8.78 Å². The molecular formula is C23H20F2N3NaO8S2. The Labute approximate surface area is 247 Å². The molecule has 1 unspecified atom stereocenters. The Kier molecular flexibility index (Phi) is 9.66. The van der Waals surface area contributed by atoms with E-state index in [1.54, 1.807) is 0 Å². The first kappa shape index (κ1) is 30.4. The molecule has 0 aliphatic rings. The zero-order chi connectivity index (χ0) is 27.6. The number of pyridine rings is 1. The van der Waals surface area contributed by atoms with Crippen molar-refractivity contribution in [1.29, 1.82) is 0 Å². The van der Waals surface area contributed by atoms with E-state index in [2.05, 4.69) is 14.7 Å². The van der Waals surface area contributed by atoms with Crippen molar-refractivity contribution in [2.75, 3.05) is 14.2 Å². The predicted molar refractivity (Wildman–Crippen MR) is 131 cm³/mol. The molecule has 11 nitrogen and oxygen atoms in total. The van der Waals surface area contributed by atoms with Crippen molar-refractivity contribution in [2.24, 2.45) is 0 Å². The number of benzene rings is 2. The molecule has 1 atom stereocenters. The fourth-order valence-corrected chi connectivity index (χ4v) is 6.61. The van der Waals surface area contributed by atoms with E-state index in [4.69, 9.17) is 9.47 Å². The van der Waals surface area contributed by atoms with Crippen LogP contribution in [0.5, 0.6) is 17.2 Å². The number of carboxylic acids is 1. The van der Waals surface area contributed by atoms with Gasteiger partial charge in [0, 0.05) is 18.3 Å². The predicted octanol–water partition coefficient (Wildman–Crippen LogP) is 0.409. The summed E-state index contributed by atoms with van der Waals surface area (Å²) in [5.41, 5.74) is -0.316. The molecule has 2 aromatic carbocycles. The maximum absolute atomic E-state index is 13.7. The van der Waals surface area contributed by atoms with Crippen molar-refractivity contribution in [3.63, 3.8) is 0 Å². The van der Waals surface area contributed by atoms with E-state index >= 15 is 0 Å². The molecule has 0 fully saturated rings. The molecule has 4 rings (SSSR count). The van der Waals surface area contributed by atoms with E-state index in [1.165, 1.54) is 50.7 Å². The van der Waals surface area contributed by atoms with E-state index in [-0.39, 0.29) is 70.5 Å². The molecule has 0 amide bonds. The quantitative estimate of drug-likeness (QED) is 0.257. The Morgan fingerprint density at radius 2 is 1.90 bits per heavy atom. The van der Waals surface area contributed by atoms with Crippen LogP contribution in [-0.4, -0.2) is 58.5 Å². The smallest absolute Gasteiger partial charge is 1.00 e. The molecule has 0 aliphatic heterocycles. The van der Waals surface area contributed by atoms with Crippen LogP contribution in [0.2, 0.25) is 0 Å². The van der Waals surface area contributed by atoms with E-state index < -0.39 is 43.5 Å². The third-order valence-corrected chi connectivity index (χ3v) is 8.27. The average Bonchev–Trinajstić information content (AvgIpc) is 3.28. The topological polar surface area (TPSA) is 147 Å². The monoisotopic (exact) mass is 591 g/mol. The van der Waals surface area contributed by atoms with Crippen LogP contribution in [0.3, 0.4) is 0 Å². The number of hydrogen-bond donors (Lipinski definition) is 1. The summed E-state index contributed by atoms with van der Waals surface area (Å²) in [5.74, 6) is -1.53. The van der Waals surface area contributed by atoms with Gasteiger partial charge in [-0.1, -0.05) is 6.07 Å². The molecule has 2 heterocycles. The number of nitrogens with zero attached hydrogens (tertiary/aromatic N) is 3. The largest absolute Gasteiger partial charge is 1.00 e. The molecule has 0 aliphatic carbocycles. The summed E-state index contributed by atoms with van der Waals surface area (Å²) >= 11 is 0. The van der Waals surface area contributed by atoms with E-state index in [0.717, 1.165) is 18.2 Å². The maximum atomic E-state index is 13.7. The van der Waals surface area contributed by atoms with Gasteiger partial charge in [-0.05, 0) is 30.3 Å². The molecule has 0 saturated carbocycles. The van der Waals surface area contributed by atoms with E-state index in [0.29, 0.717) is 9.72 Å². The van der Waals surface area contributed by atoms with Gasteiger partial charge in [0.1, 0.15) is 5.75 Å². The molecule has 2 aromatic heterocycles. The van der Waals surface area contributed by atoms with Gasteiger partial charge in [0.15, 0.2) is 11.5 Å². The summed E-state index contributed by atoms with van der Waals surface area (Å²) in [4.78, 5) is 19.3. The van der Waals surface area contributed by atoms with E-state index in [9.17, 15) is 31.3 Å². The van der Waals surface area contributed by atoms with Crippen molar-refractivity contribution in [3.05, 3.63) is 66.0 Å². The summed E-state index contributed by atoms with van der Waals surface area (Å²) in [7, 11) is -4.01. The number of ether oxygens (including phenoxy) is 3. The van der Waals surface area contributed by atoms with Gasteiger partial charge in [0.05, 0.1) is 58.0 Å². The SMILES string of the molecule is COc1ccnc(CS(=O)c2nc3cc(OC(F)F)ccc3n2S(=O)(=O)c2cccc(C(=O)O)c2)c1OC.[H-].[Na+]. The molecule has 202 valence electrons. The first-order chi connectivity index (χ1) is 18.1. The van der Waals surface area contributed by atoms with Crippen LogP contribution in [-0.2, 0) is 26.6 Å². The number of aromatic carboxylic acids is 1. The number of hydrogen-bond acceptors (Lipinski definition) is 9. The van der Waals surface area contributed by atoms with Crippen LogP contribution >= 0.6 is 0 Å². The molecule has 0 saturated heterocycles. The molecule has 16 heteroatoms. The molecule has 0 spiro atoms. The Morgan fingerprint density at radius 3 is 2.54 bits per heavy atom. The Hall–Kier alpha value is -3.11. The average molecular weight is 592 g/mol. The van der Waals surface area contributed by atoms with Crippen molar-refractivity contribution in [1.82, 2.24) is 13.9 Å². The molecule has 39 heavy (non-hydrogen) atoms. The number of halogens is 2. The number of carbonyl (C=O) groups is 1. The third-order valence-electron chi connectivity index (χ3n) is 5.24. The van der Waals surface area contributed by atoms with Crippen LogP contribution in [0.25, 0.3) is 11.0 Å². The number of methoxy groups -OCH3 is 2. The zero-order valence-electron chi connectivity index (χ0n) is 21.7. The van der Waals surface area contributed by atoms with Crippen molar-refractivity contribution < 1.29 is 76.5 Å². The van der Waals surface area contributed by atoms with Gasteiger partial charge in [0.2, 0.25) is 5.16 Å². The Morgan fingerprint density at radius 1 is 1.15 bits per heavy atom. The Balaban J connectivity index is 0.00000280. The Bertz CT molecular complexity index is 1670. The van der Waals surface area contributed by atoms with Gasteiger partial charge in [-0.25, -0.2) is 22.2 Å². The second-order valence-corrected chi connectivity index (χ2v) is 10.6. The van der Waals surface area contributed by atoms with Crippen LogP contribution in [0.15, 0.2) is 64.8 Å². The third kappa shape index (κ3) is 6.22. The number of fused-ring (bicyclic) bond motifs is 1. The van der Waals surface area contributed by atoms with Crippen molar-refractivity contribution in [2.45, 2.75) is 22.4 Å². The summed E-state index contributed by atoms with van der Waals surface area (Å²) in [6.45, 7) is -3.14. The van der Waals surface area contributed by atoms with Gasteiger partial charge in [0.25, 0.3) is 10.0 Å². The van der Waals surface area contributed by atoms with Crippen molar-refractivity contribution in [3.8, 4) is 17.2 Å². The summed E-state index contributed by atoms with van der Waals surface area (Å²) in [5, 5.41) is 8.86. The maximum Gasteiger partial charge on any atom is 1.00 e. The van der Waals surface area contributed by atoms with Crippen molar-refractivity contribution >= 4 is 37.8 Å². The molecule has 1 N–H and O–H groups in total. The first-order valence-electron chi connectivity index (χ1n) is 10.6. The van der Waals surface area contributed by atoms with Gasteiger partial charge in [-0.3, -0.25) is 9.19 Å². The molecular weight excluding hydrogens is 571 g/mol. The number of aromatic nitrogens is 3.